The van der Waals surface area contributed by atoms with E-state index in [-0.39, 0.29) is 5.91 Å². The molecule has 1 N–H and O–H groups in total. The van der Waals surface area contributed by atoms with Gasteiger partial charge in [-0.1, -0.05) is 0 Å². The van der Waals surface area contributed by atoms with Crippen molar-refractivity contribution in [2.75, 3.05) is 12.4 Å². The van der Waals surface area contributed by atoms with Gasteiger partial charge in [-0.15, -0.1) is 0 Å². The van der Waals surface area contributed by atoms with Crippen molar-refractivity contribution >= 4 is 11.6 Å². The van der Waals surface area contributed by atoms with Crippen molar-refractivity contribution in [1.29, 1.82) is 0 Å². The van der Waals surface area contributed by atoms with Gasteiger partial charge in [0.15, 0.2) is 0 Å². The Labute approximate surface area is 145 Å². The third-order valence-corrected chi connectivity index (χ3v) is 3.61. The van der Waals surface area contributed by atoms with E-state index in [1.807, 2.05) is 17.8 Å². The standard InChI is InChI=1S/C18H18N4O3/c1-22-10-9-19-16(22)12-25-15-6-4-14(5-7-15)21-18(23)13-3-8-17(24-2)20-11-13/h3-11H,12H2,1-2H3,(H,21,23). The van der Waals surface area contributed by atoms with Gasteiger partial charge < -0.3 is 19.4 Å². The Morgan fingerprint density at radius 3 is 2.56 bits per heavy atom. The number of hydrogen-bond donors (Lipinski definition) is 1. The van der Waals surface area contributed by atoms with E-state index in [0.717, 1.165) is 5.82 Å². The lowest BCUT2D eigenvalue weighted by Crippen LogP contribution is -2.12. The number of ether oxygens (including phenoxy) is 2. The lowest BCUT2D eigenvalue weighted by Gasteiger charge is -2.08. The summed E-state index contributed by atoms with van der Waals surface area (Å²) in [5.41, 5.74) is 1.13. The maximum atomic E-state index is 12.2. The van der Waals surface area contributed by atoms with Crippen LogP contribution in [0.5, 0.6) is 11.6 Å². The number of nitrogens with one attached hydrogen (secondary N) is 1. The van der Waals surface area contributed by atoms with Gasteiger partial charge in [-0.3, -0.25) is 4.79 Å². The van der Waals surface area contributed by atoms with Crippen LogP contribution in [0, 0.1) is 0 Å². The van der Waals surface area contributed by atoms with Crippen molar-refractivity contribution in [2.45, 2.75) is 6.61 Å². The van der Waals surface area contributed by atoms with Gasteiger partial charge in [-0.25, -0.2) is 9.97 Å². The number of nitrogens with zero attached hydrogens (tertiary/aromatic N) is 3. The largest absolute Gasteiger partial charge is 0.486 e. The Balaban J connectivity index is 1.58. The van der Waals surface area contributed by atoms with Crippen LogP contribution in [0.3, 0.4) is 0 Å². The summed E-state index contributed by atoms with van der Waals surface area (Å²) < 4.78 is 12.6. The second-order valence-electron chi connectivity index (χ2n) is 5.31. The van der Waals surface area contributed by atoms with Gasteiger partial charge in [0.05, 0.1) is 12.7 Å². The van der Waals surface area contributed by atoms with Gasteiger partial charge in [0.25, 0.3) is 5.91 Å². The SMILES string of the molecule is COc1ccc(C(=O)Nc2ccc(OCc3nccn3C)cc2)cn1. The van der Waals surface area contributed by atoms with Crippen LogP contribution in [-0.4, -0.2) is 27.6 Å². The molecule has 0 saturated carbocycles. The summed E-state index contributed by atoms with van der Waals surface area (Å²) in [5.74, 6) is 1.76. The van der Waals surface area contributed by atoms with Gasteiger partial charge in [0.1, 0.15) is 18.2 Å². The number of anilines is 1. The number of carbonyl (C=O) groups excluding carboxylic acids is 1. The highest BCUT2D eigenvalue weighted by Gasteiger charge is 2.07. The lowest BCUT2D eigenvalue weighted by atomic mass is 10.2. The molecule has 7 heteroatoms. The minimum absolute atomic E-state index is 0.239. The molecule has 0 aliphatic rings. The molecular weight excluding hydrogens is 320 g/mol. The molecule has 3 aromatic rings. The number of pyridine rings is 1. The maximum absolute atomic E-state index is 12.2. The summed E-state index contributed by atoms with van der Waals surface area (Å²) in [5, 5.41) is 2.81. The molecule has 3 rings (SSSR count). The van der Waals surface area contributed by atoms with Crippen molar-refractivity contribution < 1.29 is 14.3 Å². The molecule has 0 radical (unpaired) electrons. The van der Waals surface area contributed by atoms with E-state index in [9.17, 15) is 4.79 Å². The fourth-order valence-electron chi connectivity index (χ4n) is 2.16. The normalized spacial score (nSPS) is 10.3. The Morgan fingerprint density at radius 1 is 1.16 bits per heavy atom. The minimum atomic E-state index is -0.239. The summed E-state index contributed by atoms with van der Waals surface area (Å²) >= 11 is 0. The van der Waals surface area contributed by atoms with Gasteiger partial charge in [-0.2, -0.15) is 0 Å². The zero-order valence-electron chi connectivity index (χ0n) is 14.0. The summed E-state index contributed by atoms with van der Waals surface area (Å²) in [4.78, 5) is 20.4. The smallest absolute Gasteiger partial charge is 0.257 e. The Bertz CT molecular complexity index is 842. The van der Waals surface area contributed by atoms with Crippen LogP contribution in [0.1, 0.15) is 16.2 Å². The number of benzene rings is 1. The molecular formula is C18H18N4O3. The molecule has 128 valence electrons. The van der Waals surface area contributed by atoms with E-state index in [0.29, 0.717) is 29.5 Å². The zero-order valence-corrected chi connectivity index (χ0v) is 14.0. The van der Waals surface area contributed by atoms with Crippen LogP contribution < -0.4 is 14.8 Å². The van der Waals surface area contributed by atoms with E-state index in [1.54, 1.807) is 42.6 Å². The van der Waals surface area contributed by atoms with Crippen LogP contribution in [0.15, 0.2) is 55.0 Å². The van der Waals surface area contributed by atoms with Crippen LogP contribution >= 0.6 is 0 Å². The average molecular weight is 338 g/mol. The summed E-state index contributed by atoms with van der Waals surface area (Å²) in [6, 6.07) is 10.5. The maximum Gasteiger partial charge on any atom is 0.257 e. The molecule has 1 amide bonds. The van der Waals surface area contributed by atoms with Crippen LogP contribution in [0.4, 0.5) is 5.69 Å². The van der Waals surface area contributed by atoms with Crippen LogP contribution in [-0.2, 0) is 13.7 Å². The third kappa shape index (κ3) is 4.14. The molecule has 2 heterocycles. The first-order valence-corrected chi connectivity index (χ1v) is 7.66. The second-order valence-corrected chi connectivity index (χ2v) is 5.31. The monoisotopic (exact) mass is 338 g/mol. The quantitative estimate of drug-likeness (QED) is 0.747. The first kappa shape index (κ1) is 16.5. The van der Waals surface area contributed by atoms with Crippen molar-refractivity contribution in [1.82, 2.24) is 14.5 Å². The number of imidazole rings is 1. The molecule has 0 unspecified atom stereocenters. The molecule has 0 fully saturated rings. The molecule has 0 atom stereocenters. The third-order valence-electron chi connectivity index (χ3n) is 3.61. The van der Waals surface area contributed by atoms with Crippen molar-refractivity contribution in [3.63, 3.8) is 0 Å². The van der Waals surface area contributed by atoms with E-state index in [2.05, 4.69) is 15.3 Å². The Morgan fingerprint density at radius 2 is 1.96 bits per heavy atom. The van der Waals surface area contributed by atoms with Crippen LogP contribution in [0.25, 0.3) is 0 Å². The number of carbonyl (C=O) groups is 1. The number of aromatic nitrogens is 3. The molecule has 0 saturated heterocycles. The molecule has 2 aromatic heterocycles. The number of methoxy groups -OCH3 is 1. The topological polar surface area (TPSA) is 78.3 Å². The van der Waals surface area contributed by atoms with Gasteiger partial charge >= 0.3 is 0 Å². The van der Waals surface area contributed by atoms with E-state index < -0.39 is 0 Å². The predicted octanol–water partition coefficient (Wildman–Crippen LogP) is 2.66. The summed E-state index contributed by atoms with van der Waals surface area (Å²) in [7, 11) is 3.44. The fourth-order valence-corrected chi connectivity index (χ4v) is 2.16. The van der Waals surface area contributed by atoms with Crippen molar-refractivity contribution in [2.24, 2.45) is 7.05 Å². The highest BCUT2D eigenvalue weighted by atomic mass is 16.5. The Hall–Kier alpha value is -3.35. The van der Waals surface area contributed by atoms with Gasteiger partial charge in [0.2, 0.25) is 5.88 Å². The average Bonchev–Trinajstić information content (AvgIpc) is 3.06. The van der Waals surface area contributed by atoms with Crippen molar-refractivity contribution in [3.05, 3.63) is 66.4 Å². The summed E-state index contributed by atoms with van der Waals surface area (Å²) in [6.07, 6.45) is 5.06. The molecule has 7 nitrogen and oxygen atoms in total. The number of aryl methyl sites for hydroxylation is 1. The molecule has 0 aliphatic heterocycles. The number of rotatable bonds is 6. The second kappa shape index (κ2) is 7.48. The molecule has 0 spiro atoms. The van der Waals surface area contributed by atoms with E-state index in [4.69, 9.17) is 9.47 Å². The minimum Gasteiger partial charge on any atom is -0.486 e. The van der Waals surface area contributed by atoms with Gasteiger partial charge in [0, 0.05) is 37.4 Å². The van der Waals surface area contributed by atoms with Gasteiger partial charge in [-0.05, 0) is 30.3 Å². The predicted molar refractivity (Wildman–Crippen MR) is 92.7 cm³/mol. The first-order chi connectivity index (χ1) is 12.2. The lowest BCUT2D eigenvalue weighted by molar-refractivity contribution is 0.102. The molecule has 0 aliphatic carbocycles. The fraction of sp³-hybridized carbons (Fsp3) is 0.167. The van der Waals surface area contributed by atoms with Crippen LogP contribution in [0.2, 0.25) is 0 Å². The first-order valence-electron chi connectivity index (χ1n) is 7.66. The molecule has 1 aromatic carbocycles. The summed E-state index contributed by atoms with van der Waals surface area (Å²) in [6.45, 7) is 0.382. The molecule has 0 bridgehead atoms. The number of amides is 1. The van der Waals surface area contributed by atoms with E-state index >= 15 is 0 Å². The highest BCUT2D eigenvalue weighted by molar-refractivity contribution is 6.04. The number of hydrogen-bond acceptors (Lipinski definition) is 5. The zero-order chi connectivity index (χ0) is 17.6. The Kier molecular flexibility index (Phi) is 4.94. The molecule has 25 heavy (non-hydrogen) atoms. The van der Waals surface area contributed by atoms with Crippen molar-refractivity contribution in [3.8, 4) is 11.6 Å². The van der Waals surface area contributed by atoms with E-state index in [1.165, 1.54) is 13.3 Å². The highest BCUT2D eigenvalue weighted by Crippen LogP contribution is 2.18.